The third kappa shape index (κ3) is 3.15. The molecule has 0 radical (unpaired) electrons. The number of nitriles is 1. The number of rotatable bonds is 4. The Bertz CT molecular complexity index is 642. The Balaban J connectivity index is 2.15. The van der Waals surface area contributed by atoms with Gasteiger partial charge in [0.05, 0.1) is 17.7 Å². The number of ether oxygens (including phenoxy) is 2. The minimum Gasteiger partial charge on any atom is -0.462 e. The standard InChI is InChI=1S/C16H13NO3/c1-2-19-16(18)12-7-9-14(10-8-12)20-15-6-4-3-5-13(15)11-17/h3-10H,2H2,1H3. The van der Waals surface area contributed by atoms with Crippen molar-refractivity contribution in [1.82, 2.24) is 0 Å². The Morgan fingerprint density at radius 2 is 1.85 bits per heavy atom. The first kappa shape index (κ1) is 13.6. The van der Waals surface area contributed by atoms with Crippen LogP contribution >= 0.6 is 0 Å². The van der Waals surface area contributed by atoms with E-state index in [1.54, 1.807) is 55.5 Å². The first-order valence-corrected chi connectivity index (χ1v) is 6.18. The maximum Gasteiger partial charge on any atom is 0.338 e. The lowest BCUT2D eigenvalue weighted by Gasteiger charge is -2.07. The van der Waals surface area contributed by atoms with Crippen LogP contribution < -0.4 is 4.74 Å². The highest BCUT2D eigenvalue weighted by Crippen LogP contribution is 2.24. The summed E-state index contributed by atoms with van der Waals surface area (Å²) in [6, 6.07) is 15.6. The number of carbonyl (C=O) groups is 1. The molecule has 0 unspecified atom stereocenters. The summed E-state index contributed by atoms with van der Waals surface area (Å²) in [5.41, 5.74) is 0.926. The van der Waals surface area contributed by atoms with Gasteiger partial charge in [0.25, 0.3) is 0 Å². The number of nitrogens with zero attached hydrogens (tertiary/aromatic N) is 1. The average Bonchev–Trinajstić information content (AvgIpc) is 2.49. The van der Waals surface area contributed by atoms with Gasteiger partial charge in [-0.05, 0) is 43.3 Å². The third-order valence-corrected chi connectivity index (χ3v) is 2.60. The van der Waals surface area contributed by atoms with Crippen molar-refractivity contribution in [1.29, 1.82) is 5.26 Å². The van der Waals surface area contributed by atoms with Gasteiger partial charge >= 0.3 is 5.97 Å². The van der Waals surface area contributed by atoms with Gasteiger partial charge in [0.1, 0.15) is 17.6 Å². The number of para-hydroxylation sites is 1. The van der Waals surface area contributed by atoms with Crippen molar-refractivity contribution in [2.45, 2.75) is 6.92 Å². The lowest BCUT2D eigenvalue weighted by Crippen LogP contribution is -2.04. The van der Waals surface area contributed by atoms with E-state index >= 15 is 0 Å². The second-order valence-corrected chi connectivity index (χ2v) is 3.95. The lowest BCUT2D eigenvalue weighted by atomic mass is 10.2. The molecule has 2 aromatic rings. The van der Waals surface area contributed by atoms with Crippen molar-refractivity contribution < 1.29 is 14.3 Å². The van der Waals surface area contributed by atoms with Gasteiger partial charge in [0, 0.05) is 0 Å². The van der Waals surface area contributed by atoms with Gasteiger partial charge in [0.2, 0.25) is 0 Å². The fourth-order valence-electron chi connectivity index (χ4n) is 1.65. The highest BCUT2D eigenvalue weighted by atomic mass is 16.5. The SMILES string of the molecule is CCOC(=O)c1ccc(Oc2ccccc2C#N)cc1. The molecule has 0 saturated heterocycles. The van der Waals surface area contributed by atoms with E-state index in [0.717, 1.165) is 0 Å². The van der Waals surface area contributed by atoms with E-state index in [2.05, 4.69) is 6.07 Å². The predicted molar refractivity (Wildman–Crippen MR) is 73.6 cm³/mol. The quantitative estimate of drug-likeness (QED) is 0.795. The Labute approximate surface area is 117 Å². The van der Waals surface area contributed by atoms with Crippen molar-refractivity contribution in [3.8, 4) is 17.6 Å². The largest absolute Gasteiger partial charge is 0.462 e. The van der Waals surface area contributed by atoms with E-state index in [-0.39, 0.29) is 5.97 Å². The average molecular weight is 267 g/mol. The molecule has 100 valence electrons. The molecule has 0 aliphatic carbocycles. The minimum absolute atomic E-state index is 0.340. The van der Waals surface area contributed by atoms with E-state index in [1.807, 2.05) is 0 Å². The van der Waals surface area contributed by atoms with E-state index in [9.17, 15) is 4.79 Å². The van der Waals surface area contributed by atoms with Crippen LogP contribution in [-0.2, 0) is 4.74 Å². The van der Waals surface area contributed by atoms with Crippen LogP contribution in [0.25, 0.3) is 0 Å². The van der Waals surface area contributed by atoms with Gasteiger partial charge in [-0.3, -0.25) is 0 Å². The fraction of sp³-hybridized carbons (Fsp3) is 0.125. The zero-order chi connectivity index (χ0) is 14.4. The summed E-state index contributed by atoms with van der Waals surface area (Å²) in [7, 11) is 0. The molecule has 0 aliphatic heterocycles. The van der Waals surface area contributed by atoms with Gasteiger partial charge in [-0.2, -0.15) is 5.26 Å². The number of hydrogen-bond acceptors (Lipinski definition) is 4. The molecule has 0 atom stereocenters. The molecular weight excluding hydrogens is 254 g/mol. The molecule has 0 aliphatic rings. The Kier molecular flexibility index (Phi) is 4.35. The second kappa shape index (κ2) is 6.39. The maximum atomic E-state index is 11.5. The van der Waals surface area contributed by atoms with Gasteiger partial charge in [-0.25, -0.2) is 4.79 Å². The van der Waals surface area contributed by atoms with Crippen LogP contribution in [0.2, 0.25) is 0 Å². The minimum atomic E-state index is -0.364. The maximum absolute atomic E-state index is 11.5. The van der Waals surface area contributed by atoms with E-state index in [0.29, 0.717) is 29.2 Å². The molecule has 0 heterocycles. The summed E-state index contributed by atoms with van der Waals surface area (Å²) in [6.07, 6.45) is 0. The Morgan fingerprint density at radius 3 is 2.50 bits per heavy atom. The van der Waals surface area contributed by atoms with Crippen molar-refractivity contribution in [2.75, 3.05) is 6.61 Å². The zero-order valence-corrected chi connectivity index (χ0v) is 11.0. The smallest absolute Gasteiger partial charge is 0.338 e. The fourth-order valence-corrected chi connectivity index (χ4v) is 1.65. The van der Waals surface area contributed by atoms with Gasteiger partial charge in [-0.1, -0.05) is 12.1 Å². The molecule has 0 N–H and O–H groups in total. The van der Waals surface area contributed by atoms with Crippen molar-refractivity contribution in [3.05, 3.63) is 59.7 Å². The molecule has 2 rings (SSSR count). The number of benzene rings is 2. The molecule has 0 saturated carbocycles. The lowest BCUT2D eigenvalue weighted by molar-refractivity contribution is 0.0526. The van der Waals surface area contributed by atoms with E-state index in [4.69, 9.17) is 14.7 Å². The molecule has 0 aromatic heterocycles. The van der Waals surface area contributed by atoms with Crippen LogP contribution in [0, 0.1) is 11.3 Å². The molecule has 0 fully saturated rings. The third-order valence-electron chi connectivity index (χ3n) is 2.60. The van der Waals surface area contributed by atoms with Crippen molar-refractivity contribution in [3.63, 3.8) is 0 Å². The Morgan fingerprint density at radius 1 is 1.15 bits per heavy atom. The molecule has 20 heavy (non-hydrogen) atoms. The normalized spacial score (nSPS) is 9.60. The van der Waals surface area contributed by atoms with Crippen molar-refractivity contribution >= 4 is 5.97 Å². The summed E-state index contributed by atoms with van der Waals surface area (Å²) in [5.74, 6) is 0.677. The van der Waals surface area contributed by atoms with Crippen LogP contribution in [0.3, 0.4) is 0 Å². The predicted octanol–water partition coefficient (Wildman–Crippen LogP) is 3.53. The topological polar surface area (TPSA) is 59.3 Å². The summed E-state index contributed by atoms with van der Waals surface area (Å²) in [6.45, 7) is 2.10. The van der Waals surface area contributed by atoms with Crippen LogP contribution in [-0.4, -0.2) is 12.6 Å². The zero-order valence-electron chi connectivity index (χ0n) is 11.0. The van der Waals surface area contributed by atoms with Gasteiger partial charge < -0.3 is 9.47 Å². The molecule has 2 aromatic carbocycles. The number of esters is 1. The summed E-state index contributed by atoms with van der Waals surface area (Å²) in [4.78, 5) is 11.5. The van der Waals surface area contributed by atoms with Crippen LogP contribution in [0.15, 0.2) is 48.5 Å². The van der Waals surface area contributed by atoms with E-state index in [1.165, 1.54) is 0 Å². The highest BCUT2D eigenvalue weighted by Gasteiger charge is 2.07. The molecule has 0 spiro atoms. The van der Waals surface area contributed by atoms with Crippen LogP contribution in [0.5, 0.6) is 11.5 Å². The van der Waals surface area contributed by atoms with Crippen LogP contribution in [0.1, 0.15) is 22.8 Å². The number of carbonyl (C=O) groups excluding carboxylic acids is 1. The first-order valence-electron chi connectivity index (χ1n) is 6.18. The summed E-state index contributed by atoms with van der Waals surface area (Å²) in [5, 5.41) is 8.98. The first-order chi connectivity index (χ1) is 9.74. The van der Waals surface area contributed by atoms with Gasteiger partial charge in [-0.15, -0.1) is 0 Å². The molecule has 4 heteroatoms. The van der Waals surface area contributed by atoms with E-state index < -0.39 is 0 Å². The number of hydrogen-bond donors (Lipinski definition) is 0. The van der Waals surface area contributed by atoms with Gasteiger partial charge in [0.15, 0.2) is 0 Å². The summed E-state index contributed by atoms with van der Waals surface area (Å²) >= 11 is 0. The summed E-state index contributed by atoms with van der Waals surface area (Å²) < 4.78 is 10.5. The Hall–Kier alpha value is -2.80. The molecule has 0 bridgehead atoms. The molecule has 4 nitrogen and oxygen atoms in total. The second-order valence-electron chi connectivity index (χ2n) is 3.95. The monoisotopic (exact) mass is 267 g/mol. The highest BCUT2D eigenvalue weighted by molar-refractivity contribution is 5.89. The molecule has 0 amide bonds. The molecular formula is C16H13NO3. The van der Waals surface area contributed by atoms with Crippen molar-refractivity contribution in [2.24, 2.45) is 0 Å². The van der Waals surface area contributed by atoms with Crippen LogP contribution in [0.4, 0.5) is 0 Å².